The SMILES string of the molecule is CC[C@@H](C(=O)NC(C)(C)C)N(Cc1cccc(OC)c1)C(=O)CCc1ccc2c(c1)OCO2. The van der Waals surface area contributed by atoms with Crippen LogP contribution in [0.25, 0.3) is 0 Å². The summed E-state index contributed by atoms with van der Waals surface area (Å²) in [5.41, 5.74) is 1.51. The Morgan fingerprint density at radius 2 is 1.85 bits per heavy atom. The molecule has 1 heterocycles. The van der Waals surface area contributed by atoms with E-state index in [4.69, 9.17) is 14.2 Å². The molecule has 7 heteroatoms. The molecule has 0 aliphatic carbocycles. The van der Waals surface area contributed by atoms with Gasteiger partial charge in [-0.05, 0) is 69.0 Å². The lowest BCUT2D eigenvalue weighted by Crippen LogP contribution is -2.53. The van der Waals surface area contributed by atoms with Crippen LogP contribution in [0, 0.1) is 0 Å². The molecule has 0 bridgehead atoms. The Hall–Kier alpha value is -3.22. The molecular formula is C26H34N2O5. The number of carbonyl (C=O) groups excluding carboxylic acids is 2. The monoisotopic (exact) mass is 454 g/mol. The second-order valence-electron chi connectivity index (χ2n) is 9.22. The maximum absolute atomic E-state index is 13.4. The van der Waals surface area contributed by atoms with E-state index >= 15 is 0 Å². The minimum Gasteiger partial charge on any atom is -0.497 e. The van der Waals surface area contributed by atoms with E-state index in [9.17, 15) is 9.59 Å². The van der Waals surface area contributed by atoms with Crippen LogP contribution in [0.15, 0.2) is 42.5 Å². The zero-order valence-corrected chi connectivity index (χ0v) is 20.1. The van der Waals surface area contributed by atoms with Gasteiger partial charge in [0.2, 0.25) is 18.6 Å². The third-order valence-corrected chi connectivity index (χ3v) is 5.44. The van der Waals surface area contributed by atoms with Gasteiger partial charge >= 0.3 is 0 Å². The third kappa shape index (κ3) is 6.63. The van der Waals surface area contributed by atoms with Crippen molar-refractivity contribution in [3.63, 3.8) is 0 Å². The summed E-state index contributed by atoms with van der Waals surface area (Å²) in [5, 5.41) is 3.03. The van der Waals surface area contributed by atoms with E-state index in [0.717, 1.165) is 16.9 Å². The van der Waals surface area contributed by atoms with Crippen LogP contribution in [-0.4, -0.2) is 42.2 Å². The summed E-state index contributed by atoms with van der Waals surface area (Å²) in [6.45, 7) is 8.28. The van der Waals surface area contributed by atoms with Gasteiger partial charge in [0.25, 0.3) is 0 Å². The first-order valence-electron chi connectivity index (χ1n) is 11.3. The standard InChI is InChI=1S/C26H34N2O5/c1-6-21(25(30)27-26(2,3)4)28(16-19-8-7-9-20(14-19)31-5)24(29)13-11-18-10-12-22-23(15-18)33-17-32-22/h7-10,12,14-15,21H,6,11,13,16-17H2,1-5H3,(H,27,30)/t21-/m0/s1. The molecule has 178 valence electrons. The molecule has 0 saturated heterocycles. The molecule has 0 unspecified atom stereocenters. The molecule has 1 atom stereocenters. The molecule has 33 heavy (non-hydrogen) atoms. The number of hydrogen-bond donors (Lipinski definition) is 1. The van der Waals surface area contributed by atoms with Gasteiger partial charge in [0.05, 0.1) is 7.11 Å². The average Bonchev–Trinajstić information content (AvgIpc) is 3.24. The summed E-state index contributed by atoms with van der Waals surface area (Å²) >= 11 is 0. The van der Waals surface area contributed by atoms with Crippen molar-refractivity contribution in [2.24, 2.45) is 0 Å². The Morgan fingerprint density at radius 1 is 1.09 bits per heavy atom. The Morgan fingerprint density at radius 3 is 2.55 bits per heavy atom. The number of methoxy groups -OCH3 is 1. The van der Waals surface area contributed by atoms with Crippen LogP contribution in [0.3, 0.4) is 0 Å². The third-order valence-electron chi connectivity index (χ3n) is 5.44. The van der Waals surface area contributed by atoms with Gasteiger partial charge in [-0.1, -0.05) is 25.1 Å². The van der Waals surface area contributed by atoms with E-state index in [1.807, 2.05) is 70.2 Å². The number of nitrogens with zero attached hydrogens (tertiary/aromatic N) is 1. The normalized spacial score (nSPS) is 13.4. The van der Waals surface area contributed by atoms with Crippen molar-refractivity contribution in [2.45, 2.75) is 65.1 Å². The van der Waals surface area contributed by atoms with Gasteiger partial charge in [-0.25, -0.2) is 0 Å². The fourth-order valence-electron chi connectivity index (χ4n) is 3.83. The lowest BCUT2D eigenvalue weighted by atomic mass is 10.0. The van der Waals surface area contributed by atoms with Gasteiger partial charge in [-0.3, -0.25) is 9.59 Å². The lowest BCUT2D eigenvalue weighted by Gasteiger charge is -2.33. The van der Waals surface area contributed by atoms with Crippen LogP contribution in [0.1, 0.15) is 51.7 Å². The molecule has 1 aliphatic rings. The second-order valence-corrected chi connectivity index (χ2v) is 9.22. The highest BCUT2D eigenvalue weighted by Gasteiger charge is 2.30. The molecule has 0 fully saturated rings. The number of benzene rings is 2. The number of rotatable bonds is 9. The number of fused-ring (bicyclic) bond motifs is 1. The zero-order valence-electron chi connectivity index (χ0n) is 20.1. The molecular weight excluding hydrogens is 420 g/mol. The Kier molecular flexibility index (Phi) is 7.84. The number of amides is 2. The van der Waals surface area contributed by atoms with Gasteiger partial charge in [-0.15, -0.1) is 0 Å². The van der Waals surface area contributed by atoms with Gasteiger partial charge in [0, 0.05) is 18.5 Å². The fraction of sp³-hybridized carbons (Fsp3) is 0.462. The Bertz CT molecular complexity index is 983. The largest absolute Gasteiger partial charge is 0.497 e. The predicted octanol–water partition coefficient (Wildman–Crippen LogP) is 4.08. The maximum atomic E-state index is 13.4. The first-order chi connectivity index (χ1) is 15.7. The van der Waals surface area contributed by atoms with E-state index in [1.54, 1.807) is 12.0 Å². The zero-order chi connectivity index (χ0) is 24.0. The molecule has 0 aromatic heterocycles. The molecule has 3 rings (SSSR count). The highest BCUT2D eigenvalue weighted by atomic mass is 16.7. The van der Waals surface area contributed by atoms with Crippen LogP contribution >= 0.6 is 0 Å². The van der Waals surface area contributed by atoms with Crippen LogP contribution in [0.2, 0.25) is 0 Å². The van der Waals surface area contributed by atoms with Crippen molar-refractivity contribution < 1.29 is 23.8 Å². The van der Waals surface area contributed by atoms with E-state index in [2.05, 4.69) is 5.32 Å². The topological polar surface area (TPSA) is 77.1 Å². The van der Waals surface area contributed by atoms with Crippen molar-refractivity contribution in [1.29, 1.82) is 0 Å². The van der Waals surface area contributed by atoms with Crippen LogP contribution in [0.4, 0.5) is 0 Å². The second kappa shape index (κ2) is 10.6. The molecule has 2 aromatic carbocycles. The predicted molar refractivity (Wildman–Crippen MR) is 126 cm³/mol. The number of ether oxygens (including phenoxy) is 3. The summed E-state index contributed by atoms with van der Waals surface area (Å²) in [7, 11) is 1.61. The van der Waals surface area contributed by atoms with Crippen LogP contribution in [-0.2, 0) is 22.6 Å². The number of carbonyl (C=O) groups is 2. The number of hydrogen-bond acceptors (Lipinski definition) is 5. The van der Waals surface area contributed by atoms with Crippen molar-refractivity contribution in [2.75, 3.05) is 13.9 Å². The van der Waals surface area contributed by atoms with Crippen molar-refractivity contribution in [3.05, 3.63) is 53.6 Å². The first kappa shape index (κ1) is 24.4. The molecule has 7 nitrogen and oxygen atoms in total. The minimum absolute atomic E-state index is 0.0774. The lowest BCUT2D eigenvalue weighted by molar-refractivity contribution is -0.142. The summed E-state index contributed by atoms with van der Waals surface area (Å²) in [5.74, 6) is 1.90. The van der Waals surface area contributed by atoms with Crippen LogP contribution in [0.5, 0.6) is 17.2 Å². The Labute approximate surface area is 196 Å². The first-order valence-corrected chi connectivity index (χ1v) is 11.3. The Balaban J connectivity index is 1.79. The van der Waals surface area contributed by atoms with Gasteiger partial charge in [-0.2, -0.15) is 0 Å². The van der Waals surface area contributed by atoms with Crippen molar-refractivity contribution in [1.82, 2.24) is 10.2 Å². The summed E-state index contributed by atoms with van der Waals surface area (Å²) < 4.78 is 16.1. The van der Waals surface area contributed by atoms with Crippen molar-refractivity contribution in [3.8, 4) is 17.2 Å². The van der Waals surface area contributed by atoms with Gasteiger partial charge in [0.15, 0.2) is 11.5 Å². The number of aryl methyl sites for hydroxylation is 1. The maximum Gasteiger partial charge on any atom is 0.243 e. The number of nitrogens with one attached hydrogen (secondary N) is 1. The van der Waals surface area contributed by atoms with Crippen LogP contribution < -0.4 is 19.5 Å². The van der Waals surface area contributed by atoms with Crippen molar-refractivity contribution >= 4 is 11.8 Å². The molecule has 2 aromatic rings. The van der Waals surface area contributed by atoms with E-state index in [0.29, 0.717) is 30.9 Å². The summed E-state index contributed by atoms with van der Waals surface area (Å²) in [6.07, 6.45) is 1.34. The minimum atomic E-state index is -0.570. The molecule has 0 spiro atoms. The highest BCUT2D eigenvalue weighted by molar-refractivity contribution is 5.88. The summed E-state index contributed by atoms with van der Waals surface area (Å²) in [4.78, 5) is 28.2. The molecule has 0 saturated carbocycles. The quantitative estimate of drug-likeness (QED) is 0.618. The smallest absolute Gasteiger partial charge is 0.243 e. The van der Waals surface area contributed by atoms with Gasteiger partial charge < -0.3 is 24.4 Å². The van der Waals surface area contributed by atoms with E-state index < -0.39 is 6.04 Å². The van der Waals surface area contributed by atoms with E-state index in [-0.39, 0.29) is 30.6 Å². The molecule has 1 aliphatic heterocycles. The molecule has 0 radical (unpaired) electrons. The molecule has 2 amide bonds. The fourth-order valence-corrected chi connectivity index (χ4v) is 3.83. The average molecular weight is 455 g/mol. The molecule has 1 N–H and O–H groups in total. The highest BCUT2D eigenvalue weighted by Crippen LogP contribution is 2.33. The van der Waals surface area contributed by atoms with Gasteiger partial charge in [0.1, 0.15) is 11.8 Å². The van der Waals surface area contributed by atoms with E-state index in [1.165, 1.54) is 0 Å². The summed E-state index contributed by atoms with van der Waals surface area (Å²) in [6, 6.07) is 12.7.